The maximum absolute atomic E-state index is 12.0. The van der Waals surface area contributed by atoms with Gasteiger partial charge in [-0.1, -0.05) is 39.7 Å². The minimum absolute atomic E-state index is 0.215. The number of hydrogen-bond acceptors (Lipinski definition) is 2. The van der Waals surface area contributed by atoms with Crippen LogP contribution in [0.15, 0.2) is 46.9 Å². The summed E-state index contributed by atoms with van der Waals surface area (Å²) in [4.78, 5) is 12.0. The number of halogens is 2. The Morgan fingerprint density at radius 3 is 2.53 bits per heavy atom. The van der Waals surface area contributed by atoms with Crippen molar-refractivity contribution in [3.8, 4) is 0 Å². The Bertz CT molecular complexity index is 599. The second kappa shape index (κ2) is 6.08. The summed E-state index contributed by atoms with van der Waals surface area (Å²) in [6, 6.07) is 12.6. The van der Waals surface area contributed by atoms with Gasteiger partial charge >= 0.3 is 0 Å². The lowest BCUT2D eigenvalue weighted by Gasteiger charge is -2.07. The average Bonchev–Trinajstić information content (AvgIpc) is 2.37. The first-order chi connectivity index (χ1) is 9.06. The molecule has 0 aliphatic rings. The second-order valence-electron chi connectivity index (χ2n) is 4.05. The Hall–Kier alpha value is -1.52. The number of amides is 1. The van der Waals surface area contributed by atoms with Gasteiger partial charge in [-0.15, -0.1) is 0 Å². The molecule has 98 valence electrons. The van der Waals surface area contributed by atoms with E-state index in [0.717, 1.165) is 10.0 Å². The van der Waals surface area contributed by atoms with Crippen LogP contribution >= 0.6 is 27.5 Å². The Balaban J connectivity index is 2.03. The van der Waals surface area contributed by atoms with Crippen molar-refractivity contribution in [3.05, 3.63) is 63.1 Å². The zero-order valence-electron chi connectivity index (χ0n) is 9.99. The van der Waals surface area contributed by atoms with E-state index in [1.807, 2.05) is 24.3 Å². The third-order valence-electron chi connectivity index (χ3n) is 2.60. The first kappa shape index (κ1) is 13.9. The van der Waals surface area contributed by atoms with Crippen molar-refractivity contribution in [2.75, 3.05) is 5.73 Å². The fourth-order valence-electron chi connectivity index (χ4n) is 1.60. The fraction of sp³-hybridized carbons (Fsp3) is 0.0714. The van der Waals surface area contributed by atoms with Gasteiger partial charge in [0.1, 0.15) is 0 Å². The molecule has 3 nitrogen and oxygen atoms in total. The van der Waals surface area contributed by atoms with Crippen LogP contribution in [0.25, 0.3) is 0 Å². The molecule has 0 heterocycles. The lowest BCUT2D eigenvalue weighted by molar-refractivity contribution is 0.0951. The van der Waals surface area contributed by atoms with Gasteiger partial charge < -0.3 is 11.1 Å². The molecule has 0 aliphatic carbocycles. The van der Waals surface area contributed by atoms with Crippen LogP contribution in [-0.4, -0.2) is 5.91 Å². The van der Waals surface area contributed by atoms with Crippen LogP contribution in [0.4, 0.5) is 5.69 Å². The molecular formula is C14H12BrClN2O. The van der Waals surface area contributed by atoms with Gasteiger partial charge in [0, 0.05) is 16.7 Å². The first-order valence-corrected chi connectivity index (χ1v) is 6.81. The zero-order chi connectivity index (χ0) is 13.8. The fourth-order valence-corrected chi connectivity index (χ4v) is 2.13. The molecular weight excluding hydrogens is 328 g/mol. The number of nitrogens with two attached hydrogens (primary N) is 1. The molecule has 5 heteroatoms. The smallest absolute Gasteiger partial charge is 0.253 e. The molecule has 0 aliphatic heterocycles. The van der Waals surface area contributed by atoms with Crippen molar-refractivity contribution in [1.82, 2.24) is 5.32 Å². The third-order valence-corrected chi connectivity index (χ3v) is 3.45. The van der Waals surface area contributed by atoms with E-state index in [9.17, 15) is 4.79 Å². The monoisotopic (exact) mass is 338 g/mol. The van der Waals surface area contributed by atoms with Gasteiger partial charge in [0.15, 0.2) is 0 Å². The molecule has 19 heavy (non-hydrogen) atoms. The molecule has 1 amide bonds. The molecule has 0 saturated carbocycles. The van der Waals surface area contributed by atoms with E-state index in [1.165, 1.54) is 0 Å². The summed E-state index contributed by atoms with van der Waals surface area (Å²) in [5, 5.41) is 3.17. The zero-order valence-corrected chi connectivity index (χ0v) is 12.3. The van der Waals surface area contributed by atoms with Gasteiger partial charge in [-0.25, -0.2) is 0 Å². The van der Waals surface area contributed by atoms with Crippen LogP contribution in [0.1, 0.15) is 15.9 Å². The van der Waals surface area contributed by atoms with E-state index < -0.39 is 0 Å². The van der Waals surface area contributed by atoms with Crippen LogP contribution in [0.2, 0.25) is 5.02 Å². The molecule has 2 rings (SSSR count). The lowest BCUT2D eigenvalue weighted by Crippen LogP contribution is -2.23. The van der Waals surface area contributed by atoms with E-state index in [4.69, 9.17) is 17.3 Å². The molecule has 0 fully saturated rings. The molecule has 0 atom stereocenters. The lowest BCUT2D eigenvalue weighted by atomic mass is 10.2. The highest BCUT2D eigenvalue weighted by Crippen LogP contribution is 2.19. The number of nitrogens with one attached hydrogen (secondary N) is 1. The minimum atomic E-state index is -0.215. The molecule has 0 bridgehead atoms. The van der Waals surface area contributed by atoms with E-state index in [0.29, 0.717) is 22.8 Å². The van der Waals surface area contributed by atoms with Crippen LogP contribution < -0.4 is 11.1 Å². The number of anilines is 1. The van der Waals surface area contributed by atoms with Crippen molar-refractivity contribution in [2.24, 2.45) is 0 Å². The Labute approximate surface area is 124 Å². The molecule has 3 N–H and O–H groups in total. The summed E-state index contributed by atoms with van der Waals surface area (Å²) < 4.78 is 1.00. The number of carbonyl (C=O) groups excluding carboxylic acids is 1. The summed E-state index contributed by atoms with van der Waals surface area (Å²) in [5.74, 6) is -0.215. The van der Waals surface area contributed by atoms with Crippen LogP contribution in [0.5, 0.6) is 0 Å². The van der Waals surface area contributed by atoms with Gasteiger partial charge in [-0.2, -0.15) is 0 Å². The number of hydrogen-bond donors (Lipinski definition) is 2. The summed E-state index contributed by atoms with van der Waals surface area (Å²) >= 11 is 9.34. The topological polar surface area (TPSA) is 55.1 Å². The molecule has 0 radical (unpaired) electrons. The van der Waals surface area contributed by atoms with Crippen molar-refractivity contribution in [3.63, 3.8) is 0 Å². The Kier molecular flexibility index (Phi) is 4.45. The number of benzene rings is 2. The van der Waals surface area contributed by atoms with Crippen LogP contribution in [0, 0.1) is 0 Å². The third kappa shape index (κ3) is 3.72. The summed E-state index contributed by atoms with van der Waals surface area (Å²) in [5.41, 5.74) is 7.56. The predicted octanol–water partition coefficient (Wildman–Crippen LogP) is 3.61. The summed E-state index contributed by atoms with van der Waals surface area (Å²) in [6.07, 6.45) is 0. The largest absolute Gasteiger partial charge is 0.399 e. The molecule has 0 aromatic heterocycles. The first-order valence-electron chi connectivity index (χ1n) is 5.64. The normalized spacial score (nSPS) is 10.2. The molecule has 0 saturated heterocycles. The summed E-state index contributed by atoms with van der Waals surface area (Å²) in [6.45, 7) is 0.451. The van der Waals surface area contributed by atoms with Crippen LogP contribution in [-0.2, 0) is 6.54 Å². The molecule has 0 spiro atoms. The van der Waals surface area contributed by atoms with Crippen LogP contribution in [0.3, 0.4) is 0 Å². The highest BCUT2D eigenvalue weighted by molar-refractivity contribution is 9.10. The van der Waals surface area contributed by atoms with Gasteiger partial charge in [-0.05, 0) is 35.9 Å². The van der Waals surface area contributed by atoms with Gasteiger partial charge in [0.2, 0.25) is 0 Å². The van der Waals surface area contributed by atoms with Crippen molar-refractivity contribution in [2.45, 2.75) is 6.54 Å². The van der Waals surface area contributed by atoms with Crippen molar-refractivity contribution < 1.29 is 4.79 Å². The van der Waals surface area contributed by atoms with Crippen molar-refractivity contribution in [1.29, 1.82) is 0 Å². The van der Waals surface area contributed by atoms with E-state index in [-0.39, 0.29) is 5.91 Å². The maximum atomic E-state index is 12.0. The molecule has 2 aromatic carbocycles. The quantitative estimate of drug-likeness (QED) is 0.839. The second-order valence-corrected chi connectivity index (χ2v) is 5.37. The highest BCUT2D eigenvalue weighted by Gasteiger charge is 2.09. The van der Waals surface area contributed by atoms with Crippen molar-refractivity contribution >= 4 is 39.1 Å². The standard InChI is InChI=1S/C14H12BrClN2O/c15-10-3-1-9(2-4-10)8-18-14(19)12-6-5-11(17)7-13(12)16/h1-7H,8,17H2,(H,18,19). The Morgan fingerprint density at radius 2 is 1.89 bits per heavy atom. The predicted molar refractivity (Wildman–Crippen MR) is 81.2 cm³/mol. The SMILES string of the molecule is Nc1ccc(C(=O)NCc2ccc(Br)cc2)c(Cl)c1. The summed E-state index contributed by atoms with van der Waals surface area (Å²) in [7, 11) is 0. The molecule has 2 aromatic rings. The van der Waals surface area contributed by atoms with Gasteiger partial charge in [-0.3, -0.25) is 4.79 Å². The van der Waals surface area contributed by atoms with Gasteiger partial charge in [0.25, 0.3) is 5.91 Å². The van der Waals surface area contributed by atoms with E-state index >= 15 is 0 Å². The maximum Gasteiger partial charge on any atom is 0.253 e. The number of rotatable bonds is 3. The number of nitrogen functional groups attached to an aromatic ring is 1. The highest BCUT2D eigenvalue weighted by atomic mass is 79.9. The average molecular weight is 340 g/mol. The molecule has 0 unspecified atom stereocenters. The van der Waals surface area contributed by atoms with Gasteiger partial charge in [0.05, 0.1) is 10.6 Å². The Morgan fingerprint density at radius 1 is 1.21 bits per heavy atom. The van der Waals surface area contributed by atoms with E-state index in [1.54, 1.807) is 18.2 Å². The van der Waals surface area contributed by atoms with E-state index in [2.05, 4.69) is 21.2 Å². The number of carbonyl (C=O) groups is 1. The minimum Gasteiger partial charge on any atom is -0.399 e.